The van der Waals surface area contributed by atoms with Gasteiger partial charge in [0.15, 0.2) is 23.8 Å². The van der Waals surface area contributed by atoms with Crippen LogP contribution in [0.5, 0.6) is 17.2 Å². The summed E-state index contributed by atoms with van der Waals surface area (Å²) in [6.07, 6.45) is -1.27. The van der Waals surface area contributed by atoms with Crippen LogP contribution in [0.3, 0.4) is 0 Å². The summed E-state index contributed by atoms with van der Waals surface area (Å²) in [6.45, 7) is -0.370. The van der Waals surface area contributed by atoms with E-state index in [4.69, 9.17) is 51.6 Å². The quantitative estimate of drug-likeness (QED) is 0.0108. The van der Waals surface area contributed by atoms with E-state index in [9.17, 15) is 68.1 Å². The first kappa shape index (κ1) is 80.9. The van der Waals surface area contributed by atoms with Crippen molar-refractivity contribution in [3.63, 3.8) is 0 Å². The van der Waals surface area contributed by atoms with Gasteiger partial charge in [-0.05, 0) is 104 Å². The molecule has 0 aliphatic carbocycles. The number of phenols is 3. The highest BCUT2D eigenvalue weighted by Crippen LogP contribution is 2.17. The number of nitrogens with zero attached hydrogens (tertiary/aromatic N) is 4. The summed E-state index contributed by atoms with van der Waals surface area (Å²) in [7, 11) is 0. The van der Waals surface area contributed by atoms with Crippen molar-refractivity contribution in [2.75, 3.05) is 45.0 Å². The van der Waals surface area contributed by atoms with Crippen LogP contribution in [0.25, 0.3) is 0 Å². The van der Waals surface area contributed by atoms with Gasteiger partial charge in [-0.1, -0.05) is 36.4 Å². The number of thiol groups is 1. The fraction of sp³-hybridized carbons (Fsp3) is 0.450. The lowest BCUT2D eigenvalue weighted by Crippen LogP contribution is -2.60. The maximum atomic E-state index is 14.9. The van der Waals surface area contributed by atoms with E-state index < -0.39 is 126 Å². The molecule has 0 bridgehead atoms. The van der Waals surface area contributed by atoms with Crippen LogP contribution >= 0.6 is 12.6 Å². The summed E-state index contributed by atoms with van der Waals surface area (Å²) in [4.78, 5) is 167. The molecule has 0 heterocycles. The number of aromatic hydroxyl groups is 3. The fourth-order valence-corrected chi connectivity index (χ4v) is 9.46. The zero-order valence-corrected chi connectivity index (χ0v) is 54.9. The second kappa shape index (κ2) is 42.9. The van der Waals surface area contributed by atoms with Crippen LogP contribution in [0, 0.1) is 0 Å². The Balaban J connectivity index is 2.08. The topological polar surface area (TPSA) is 652 Å². The number of guanidine groups is 4. The maximum Gasteiger partial charge on any atom is 0.243 e. The molecule has 0 saturated heterocycles. The third-order valence-corrected chi connectivity index (χ3v) is 14.5. The third kappa shape index (κ3) is 32.7. The van der Waals surface area contributed by atoms with Gasteiger partial charge in [0.05, 0.1) is 13.1 Å². The van der Waals surface area contributed by atoms with Gasteiger partial charge in [-0.2, -0.15) is 12.6 Å². The third-order valence-electron chi connectivity index (χ3n) is 14.1. The van der Waals surface area contributed by atoms with E-state index in [1.54, 1.807) is 0 Å². The number of amides is 11. The van der Waals surface area contributed by atoms with Crippen molar-refractivity contribution in [2.45, 2.75) is 126 Å². The number of nitrogens with one attached hydrogen (secondary N) is 10. The van der Waals surface area contributed by atoms with Crippen molar-refractivity contribution in [3.8, 4) is 17.2 Å². The molecule has 0 fully saturated rings. The van der Waals surface area contributed by atoms with Gasteiger partial charge in [0.2, 0.25) is 65.0 Å². The number of rotatable bonds is 43. The molecule has 536 valence electrons. The molecule has 0 aliphatic rings. The van der Waals surface area contributed by atoms with Crippen molar-refractivity contribution in [2.24, 2.45) is 71.6 Å². The molecule has 0 spiro atoms. The molecule has 0 aliphatic heterocycles. The molecule has 3 aromatic carbocycles. The van der Waals surface area contributed by atoms with Gasteiger partial charge in [-0.3, -0.25) is 72.7 Å². The van der Waals surface area contributed by atoms with E-state index in [1.807, 2.05) is 0 Å². The van der Waals surface area contributed by atoms with Crippen LogP contribution in [0.1, 0.15) is 75.0 Å². The number of carbonyl (C=O) groups is 11. The fourth-order valence-electron chi connectivity index (χ4n) is 9.18. The Labute approximate surface area is 569 Å². The summed E-state index contributed by atoms with van der Waals surface area (Å²) in [5.74, 6) is -11.3. The number of primary amides is 1. The number of benzene rings is 3. The van der Waals surface area contributed by atoms with Crippen LogP contribution in [0.2, 0.25) is 0 Å². The second-order valence-electron chi connectivity index (χ2n) is 22.2. The molecule has 37 nitrogen and oxygen atoms in total. The SMILES string of the molecule is CC(=O)N[C@@H](Cc1ccc(O)cc1)C(=O)N[C@@H](Cc1ccc(O)cc1)C(=O)N[C@@H](Cc1ccc(O)cc1)C(=O)N[C@@H](CCCN=C(N)N)C(=O)N[C@@H](CCCN=C(N)N)C(=O)N[C@@H](CCCN=C(N)N)C(=O)N[C@@H](CCCN=C(N)N)C(=O)NCC(=O)NCC(=O)N[C@@H](CS)C(N)=O. The summed E-state index contributed by atoms with van der Waals surface area (Å²) in [5, 5.41) is 55.5. The van der Waals surface area contributed by atoms with E-state index in [0.717, 1.165) is 0 Å². The van der Waals surface area contributed by atoms with Crippen LogP contribution in [0.15, 0.2) is 92.8 Å². The summed E-state index contributed by atoms with van der Waals surface area (Å²) in [6, 6.07) is 5.51. The van der Waals surface area contributed by atoms with Gasteiger partial charge in [-0.15, -0.1) is 0 Å². The largest absolute Gasteiger partial charge is 0.508 e. The molecule has 0 saturated carbocycles. The van der Waals surface area contributed by atoms with Crippen LogP contribution in [-0.2, 0) is 72.0 Å². The first-order valence-electron chi connectivity index (χ1n) is 30.8. The number of carbonyl (C=O) groups excluding carboxylic acids is 11. The smallest absolute Gasteiger partial charge is 0.243 e. The lowest BCUT2D eigenvalue weighted by atomic mass is 10.0. The van der Waals surface area contributed by atoms with Crippen molar-refractivity contribution in [1.82, 2.24) is 53.2 Å². The monoisotopic (exact) mass is 1390 g/mol. The van der Waals surface area contributed by atoms with Crippen molar-refractivity contribution in [3.05, 3.63) is 89.5 Å². The minimum atomic E-state index is -1.59. The van der Waals surface area contributed by atoms with Crippen LogP contribution < -0.4 is 105 Å². The number of hydrogen-bond acceptors (Lipinski definition) is 19. The second-order valence-corrected chi connectivity index (χ2v) is 22.6. The predicted molar refractivity (Wildman–Crippen MR) is 365 cm³/mol. The van der Waals surface area contributed by atoms with Gasteiger partial charge in [0.1, 0.15) is 65.6 Å². The molecule has 0 radical (unpaired) electrons. The Kier molecular flexibility index (Phi) is 35.4. The van der Waals surface area contributed by atoms with E-state index in [1.165, 1.54) is 79.7 Å². The van der Waals surface area contributed by atoms with Gasteiger partial charge in [0.25, 0.3) is 0 Å². The molecule has 38 heteroatoms. The summed E-state index contributed by atoms with van der Waals surface area (Å²) >= 11 is 3.96. The van der Waals surface area contributed by atoms with Crippen LogP contribution in [-0.4, -0.2) is 197 Å². The summed E-state index contributed by atoms with van der Waals surface area (Å²) < 4.78 is 0. The lowest BCUT2D eigenvalue weighted by molar-refractivity contribution is -0.136. The van der Waals surface area contributed by atoms with Gasteiger partial charge in [-0.25, -0.2) is 0 Å². The molecular weight excluding hydrogens is 1300 g/mol. The molecule has 8 atom stereocenters. The average molecular weight is 1390 g/mol. The predicted octanol–water partition coefficient (Wildman–Crippen LogP) is -7.41. The molecular formula is C60H91N23O14S. The molecule has 98 heavy (non-hydrogen) atoms. The van der Waals surface area contributed by atoms with Gasteiger partial charge >= 0.3 is 0 Å². The van der Waals surface area contributed by atoms with E-state index in [2.05, 4.69) is 85.8 Å². The highest BCUT2D eigenvalue weighted by atomic mass is 32.1. The van der Waals surface area contributed by atoms with Crippen molar-refractivity contribution in [1.29, 1.82) is 0 Å². The molecule has 11 amide bonds. The highest BCUT2D eigenvalue weighted by Gasteiger charge is 2.35. The average Bonchev–Trinajstić information content (AvgIpc) is 0.859. The first-order valence-corrected chi connectivity index (χ1v) is 31.4. The Morgan fingerprint density at radius 1 is 0.357 bits per heavy atom. The number of hydrogen-bond donors (Lipinski definition) is 23. The maximum absolute atomic E-state index is 14.9. The minimum absolute atomic E-state index is 0.0169. The van der Waals surface area contributed by atoms with Gasteiger partial charge in [0, 0.05) is 58.1 Å². The van der Waals surface area contributed by atoms with Crippen LogP contribution in [0.4, 0.5) is 0 Å². The Hall–Kier alpha value is -11.3. The lowest BCUT2D eigenvalue weighted by Gasteiger charge is -2.28. The zero-order chi connectivity index (χ0) is 72.9. The zero-order valence-electron chi connectivity index (χ0n) is 54.0. The normalized spacial score (nSPS) is 13.1. The van der Waals surface area contributed by atoms with E-state index in [-0.39, 0.29) is 144 Å². The first-order chi connectivity index (χ1) is 46.4. The van der Waals surface area contributed by atoms with Crippen molar-refractivity contribution >= 4 is 101 Å². The molecule has 3 rings (SSSR count). The molecule has 0 unspecified atom stereocenters. The molecule has 31 N–H and O–H groups in total. The molecule has 0 aromatic heterocycles. The number of nitrogens with two attached hydrogens (primary N) is 9. The van der Waals surface area contributed by atoms with Gasteiger partial charge < -0.3 is 120 Å². The van der Waals surface area contributed by atoms with E-state index in [0.29, 0.717) is 16.7 Å². The van der Waals surface area contributed by atoms with Crippen molar-refractivity contribution < 1.29 is 68.1 Å². The Bertz CT molecular complexity index is 3290. The number of aliphatic imine (C=N–C) groups is 4. The Morgan fingerprint density at radius 2 is 0.622 bits per heavy atom. The molecule has 3 aromatic rings. The number of phenolic OH excluding ortho intramolecular Hbond substituents is 3. The summed E-state index contributed by atoms with van der Waals surface area (Å²) in [5.41, 5.74) is 51.1. The van der Waals surface area contributed by atoms with E-state index >= 15 is 0 Å². The standard InChI is InChI=1S/C60H91N23O14S/c1-32(84)76-43(26-33-10-16-36(85)17-11-33)54(95)82-45(28-35-14-20-38(87)21-15-35)56(97)83-44(27-34-12-18-37(86)19-13-34)55(96)81-42(9-5-25-73-60(68)69)53(94)80-41(8-4-24-72-59(66)67)52(93)79-40(7-3-23-71-58(64)65)51(92)78-39(6-2-22-70-57(62)63)50(91)75-29-47(88)74-30-48(89)77-46(31-98)49(61)90/h10-21,39-46,85-87,98H,2-9,22-31H2,1H3,(H2,61,90)(H,74,88)(H,75,91)(H,76,84)(H,77,89)(H,78,92)(H,79,93)(H,80,94)(H,81,96)(H,82,95)(H,83,97)(H4,62,63,70)(H4,64,65,71)(H4,66,67,72)(H4,68,69,73)/t39-,40-,41-,42-,43-,44-,45-,46-/m0/s1. The minimum Gasteiger partial charge on any atom is -0.508 e. The Morgan fingerprint density at radius 3 is 0.898 bits per heavy atom. The highest BCUT2D eigenvalue weighted by molar-refractivity contribution is 7.80.